The highest BCUT2D eigenvalue weighted by Crippen LogP contribution is 2.44. The van der Waals surface area contributed by atoms with Crippen LogP contribution in [0.2, 0.25) is 0 Å². The number of nitrogens with one attached hydrogen (secondary N) is 2. The van der Waals surface area contributed by atoms with Gasteiger partial charge < -0.3 is 20.3 Å². The van der Waals surface area contributed by atoms with E-state index < -0.39 is 0 Å². The monoisotopic (exact) mass is 440 g/mol. The molecule has 0 amide bonds. The normalized spacial score (nSPS) is 24.1. The van der Waals surface area contributed by atoms with Gasteiger partial charge >= 0.3 is 6.01 Å². The number of ether oxygens (including phenoxy) is 1. The number of methoxy groups -OCH3 is 1. The van der Waals surface area contributed by atoms with Crippen LogP contribution in [-0.4, -0.2) is 52.3 Å². The van der Waals surface area contributed by atoms with Crippen LogP contribution in [0.4, 0.5) is 11.9 Å². The molecule has 0 atom stereocenters. The van der Waals surface area contributed by atoms with E-state index in [0.717, 1.165) is 12.8 Å². The van der Waals surface area contributed by atoms with Crippen LogP contribution in [0.5, 0.6) is 6.01 Å². The highest BCUT2D eigenvalue weighted by molar-refractivity contribution is 5.40. The minimum absolute atomic E-state index is 0.253. The first-order valence-corrected chi connectivity index (χ1v) is 12.4. The first-order valence-electron chi connectivity index (χ1n) is 12.4. The van der Waals surface area contributed by atoms with E-state index >= 15 is 0 Å². The number of rotatable bonds is 8. The van der Waals surface area contributed by atoms with E-state index in [-0.39, 0.29) is 11.1 Å². The van der Waals surface area contributed by atoms with E-state index in [1.54, 1.807) is 7.11 Å². The van der Waals surface area contributed by atoms with Gasteiger partial charge in [0.1, 0.15) is 0 Å². The van der Waals surface area contributed by atoms with Crippen molar-refractivity contribution in [3.8, 4) is 6.01 Å². The third-order valence-corrected chi connectivity index (χ3v) is 7.53. The van der Waals surface area contributed by atoms with Gasteiger partial charge in [-0.25, -0.2) is 0 Å². The van der Waals surface area contributed by atoms with Crippen LogP contribution in [0.15, 0.2) is 25.3 Å². The van der Waals surface area contributed by atoms with Crippen LogP contribution in [0.1, 0.15) is 77.0 Å². The Bertz CT molecular complexity index is 749. The van der Waals surface area contributed by atoms with Crippen molar-refractivity contribution >= 4 is 11.9 Å². The summed E-state index contributed by atoms with van der Waals surface area (Å²) in [4.78, 5) is 15.8. The zero-order valence-corrected chi connectivity index (χ0v) is 19.7. The van der Waals surface area contributed by atoms with Crippen molar-refractivity contribution < 1.29 is 4.74 Å². The Morgan fingerprint density at radius 2 is 1.50 bits per heavy atom. The maximum Gasteiger partial charge on any atom is 0.322 e. The highest BCUT2D eigenvalue weighted by atomic mass is 16.5. The molecule has 1 aromatic heterocycles. The summed E-state index contributed by atoms with van der Waals surface area (Å²) in [6.07, 6.45) is 19.1. The number of hydrogen-bond acceptors (Lipinski definition) is 7. The van der Waals surface area contributed by atoms with Gasteiger partial charge in [-0.05, 0) is 38.5 Å². The molecule has 7 nitrogen and oxygen atoms in total. The molecule has 7 heteroatoms. The van der Waals surface area contributed by atoms with E-state index in [1.807, 2.05) is 17.1 Å². The molecule has 4 rings (SSSR count). The molecule has 3 fully saturated rings. The Balaban J connectivity index is 1.59. The fraction of sp³-hybridized carbons (Fsp3) is 0.720. The fourth-order valence-corrected chi connectivity index (χ4v) is 6.27. The topological polar surface area (TPSA) is 75.2 Å². The van der Waals surface area contributed by atoms with Gasteiger partial charge in [-0.1, -0.05) is 50.7 Å². The third kappa shape index (κ3) is 5.25. The Morgan fingerprint density at radius 1 is 0.938 bits per heavy atom. The van der Waals surface area contributed by atoms with E-state index in [9.17, 15) is 0 Å². The quantitative estimate of drug-likeness (QED) is 0.571. The lowest BCUT2D eigenvalue weighted by atomic mass is 9.66. The van der Waals surface area contributed by atoms with Crippen LogP contribution in [0.25, 0.3) is 0 Å². The van der Waals surface area contributed by atoms with Crippen molar-refractivity contribution in [2.45, 2.75) is 94.2 Å². The average Bonchev–Trinajstić information content (AvgIpc) is 2.79. The van der Waals surface area contributed by atoms with E-state index in [2.05, 4.69) is 33.8 Å². The van der Waals surface area contributed by atoms with Gasteiger partial charge in [0, 0.05) is 30.2 Å². The standard InChI is InChI=1S/C25H40N6O/c1-4-16-31(17-5-2)22-27-21(28-23(29-22)32-3)26-20-18-24(12-8-6-9-13-24)30-25(19-20)14-10-7-11-15-25/h4-5,20,30H,1-2,6-19H2,3H3,(H,26,27,28,29). The lowest BCUT2D eigenvalue weighted by Gasteiger charge is -2.55. The number of nitrogens with zero attached hydrogens (tertiary/aromatic N) is 4. The maximum absolute atomic E-state index is 5.42. The summed E-state index contributed by atoms with van der Waals surface area (Å²) in [5.41, 5.74) is 0.506. The number of anilines is 2. The molecule has 32 heavy (non-hydrogen) atoms. The molecule has 2 N–H and O–H groups in total. The van der Waals surface area contributed by atoms with Crippen molar-refractivity contribution in [1.82, 2.24) is 20.3 Å². The van der Waals surface area contributed by atoms with E-state index in [0.29, 0.717) is 37.0 Å². The lowest BCUT2D eigenvalue weighted by molar-refractivity contribution is 0.0594. The van der Waals surface area contributed by atoms with Gasteiger partial charge in [0.15, 0.2) is 0 Å². The lowest BCUT2D eigenvalue weighted by Crippen LogP contribution is -2.66. The van der Waals surface area contributed by atoms with Crippen molar-refractivity contribution in [2.24, 2.45) is 0 Å². The Hall–Kier alpha value is -2.15. The fourth-order valence-electron chi connectivity index (χ4n) is 6.27. The smallest absolute Gasteiger partial charge is 0.322 e. The van der Waals surface area contributed by atoms with Crippen molar-refractivity contribution in [2.75, 3.05) is 30.4 Å². The van der Waals surface area contributed by atoms with Gasteiger partial charge in [-0.3, -0.25) is 0 Å². The molecule has 0 bridgehead atoms. The molecule has 0 radical (unpaired) electrons. The second-order valence-electron chi connectivity index (χ2n) is 9.98. The first kappa shape index (κ1) is 23.0. The predicted molar refractivity (Wildman–Crippen MR) is 130 cm³/mol. The second-order valence-corrected chi connectivity index (χ2v) is 9.98. The summed E-state index contributed by atoms with van der Waals surface area (Å²) >= 11 is 0. The molecule has 1 saturated heterocycles. The minimum atomic E-state index is 0.253. The Morgan fingerprint density at radius 3 is 2.00 bits per heavy atom. The van der Waals surface area contributed by atoms with Crippen LogP contribution in [0.3, 0.4) is 0 Å². The van der Waals surface area contributed by atoms with E-state index in [1.165, 1.54) is 64.2 Å². The second kappa shape index (κ2) is 10.2. The molecular weight excluding hydrogens is 400 g/mol. The molecule has 3 aliphatic rings. The van der Waals surface area contributed by atoms with Crippen molar-refractivity contribution in [3.05, 3.63) is 25.3 Å². The largest absolute Gasteiger partial charge is 0.467 e. The summed E-state index contributed by atoms with van der Waals surface area (Å²) in [5.74, 6) is 1.20. The Kier molecular flexibility index (Phi) is 7.33. The van der Waals surface area contributed by atoms with E-state index in [4.69, 9.17) is 9.72 Å². The predicted octanol–water partition coefficient (Wildman–Crippen LogP) is 4.63. The van der Waals surface area contributed by atoms with Crippen LogP contribution >= 0.6 is 0 Å². The summed E-state index contributed by atoms with van der Waals surface area (Å²) < 4.78 is 5.42. The van der Waals surface area contributed by atoms with Gasteiger partial charge in [0.05, 0.1) is 7.11 Å². The average molecular weight is 441 g/mol. The molecular formula is C25H40N6O. The molecule has 2 spiro atoms. The molecule has 1 aromatic rings. The van der Waals surface area contributed by atoms with Crippen LogP contribution in [0, 0.1) is 0 Å². The summed E-state index contributed by atoms with van der Waals surface area (Å²) in [6.45, 7) is 9.00. The molecule has 1 aliphatic heterocycles. The maximum atomic E-state index is 5.42. The van der Waals surface area contributed by atoms with Gasteiger partial charge in [-0.15, -0.1) is 13.2 Å². The summed E-state index contributed by atoms with van der Waals surface area (Å²) in [6, 6.07) is 0.684. The van der Waals surface area contributed by atoms with Gasteiger partial charge in [-0.2, -0.15) is 15.0 Å². The molecule has 2 aliphatic carbocycles. The SMILES string of the molecule is C=CCN(CC=C)c1nc(NC2CC3(CCCCC3)NC3(CCCCC3)C2)nc(OC)n1. The number of aromatic nitrogens is 3. The van der Waals surface area contributed by atoms with Crippen LogP contribution in [-0.2, 0) is 0 Å². The molecule has 2 saturated carbocycles. The third-order valence-electron chi connectivity index (χ3n) is 7.53. The molecule has 176 valence electrons. The zero-order chi connectivity index (χ0) is 22.4. The highest BCUT2D eigenvalue weighted by Gasteiger charge is 2.48. The molecule has 0 unspecified atom stereocenters. The van der Waals surface area contributed by atoms with Gasteiger partial charge in [0.2, 0.25) is 11.9 Å². The van der Waals surface area contributed by atoms with Crippen molar-refractivity contribution in [3.63, 3.8) is 0 Å². The summed E-state index contributed by atoms with van der Waals surface area (Å²) in [7, 11) is 1.60. The zero-order valence-electron chi connectivity index (χ0n) is 19.7. The van der Waals surface area contributed by atoms with Crippen molar-refractivity contribution in [1.29, 1.82) is 0 Å². The van der Waals surface area contributed by atoms with Gasteiger partial charge in [0.25, 0.3) is 0 Å². The first-order chi connectivity index (χ1) is 15.6. The molecule has 0 aromatic carbocycles. The summed E-state index contributed by atoms with van der Waals surface area (Å²) in [5, 5.41) is 7.96. The molecule has 2 heterocycles. The Labute approximate surface area is 193 Å². The number of piperidine rings is 1. The minimum Gasteiger partial charge on any atom is -0.467 e. The van der Waals surface area contributed by atoms with Crippen LogP contribution < -0.4 is 20.3 Å². The number of hydrogen-bond donors (Lipinski definition) is 2.